The fourth-order valence-corrected chi connectivity index (χ4v) is 2.64. The van der Waals surface area contributed by atoms with Crippen molar-refractivity contribution >= 4 is 0 Å². The van der Waals surface area contributed by atoms with Crippen LogP contribution in [0.1, 0.15) is 31.2 Å². The summed E-state index contributed by atoms with van der Waals surface area (Å²) >= 11 is 0. The van der Waals surface area contributed by atoms with Gasteiger partial charge in [-0.05, 0) is 30.5 Å². The summed E-state index contributed by atoms with van der Waals surface area (Å²) in [5.74, 6) is 1.56. The Balaban J connectivity index is 2.03. The molecule has 1 fully saturated rings. The fourth-order valence-electron chi connectivity index (χ4n) is 2.64. The quantitative estimate of drug-likeness (QED) is 0.723. The summed E-state index contributed by atoms with van der Waals surface area (Å²) in [7, 11) is 0. The van der Waals surface area contributed by atoms with Crippen molar-refractivity contribution in [1.29, 1.82) is 5.26 Å². The van der Waals surface area contributed by atoms with Gasteiger partial charge in [0.25, 0.3) is 0 Å². The molecule has 0 unspecified atom stereocenters. The van der Waals surface area contributed by atoms with Gasteiger partial charge in [-0.25, -0.2) is 0 Å². The summed E-state index contributed by atoms with van der Waals surface area (Å²) < 4.78 is 10.6. The van der Waals surface area contributed by atoms with Crippen LogP contribution in [0.25, 0.3) is 0 Å². The predicted octanol–water partition coefficient (Wildman–Crippen LogP) is 2.75. The smallest absolute Gasteiger partial charge is 0.231 e. The number of nitrogens with zero attached hydrogens (tertiary/aromatic N) is 1. The number of fused-ring (bicyclic) bond motifs is 1. The summed E-state index contributed by atoms with van der Waals surface area (Å²) in [6, 6.07) is 8.37. The van der Waals surface area contributed by atoms with Gasteiger partial charge in [0, 0.05) is 0 Å². The molecule has 0 spiro atoms. The molecule has 82 valence electrons. The van der Waals surface area contributed by atoms with E-state index in [1.54, 1.807) is 0 Å². The molecule has 1 aliphatic heterocycles. The molecule has 0 amide bonds. The lowest BCUT2D eigenvalue weighted by Gasteiger charge is -2.20. The topological polar surface area (TPSA) is 42.2 Å². The summed E-state index contributed by atoms with van der Waals surface area (Å²) in [6.07, 6.45) is 4.20. The van der Waals surface area contributed by atoms with Crippen molar-refractivity contribution in [3.8, 4) is 17.6 Å². The average Bonchev–Trinajstić information content (AvgIpc) is 2.97. The van der Waals surface area contributed by atoms with E-state index in [-0.39, 0.29) is 5.41 Å². The van der Waals surface area contributed by atoms with Crippen molar-refractivity contribution in [3.05, 3.63) is 23.8 Å². The monoisotopic (exact) mass is 215 g/mol. The fraction of sp³-hybridized carbons (Fsp3) is 0.462. The number of rotatable bonds is 1. The van der Waals surface area contributed by atoms with Crippen LogP contribution >= 0.6 is 0 Å². The molecule has 1 aromatic rings. The van der Waals surface area contributed by atoms with E-state index in [1.165, 1.54) is 0 Å². The molecular weight excluding hydrogens is 202 g/mol. The van der Waals surface area contributed by atoms with Crippen molar-refractivity contribution in [2.24, 2.45) is 0 Å². The van der Waals surface area contributed by atoms with Crippen LogP contribution in [0.2, 0.25) is 0 Å². The van der Waals surface area contributed by atoms with E-state index in [9.17, 15) is 5.26 Å². The molecule has 3 nitrogen and oxygen atoms in total. The molecular formula is C13H13NO2. The van der Waals surface area contributed by atoms with Crippen LogP contribution in [0.3, 0.4) is 0 Å². The highest BCUT2D eigenvalue weighted by molar-refractivity contribution is 5.48. The summed E-state index contributed by atoms with van der Waals surface area (Å²) in [5.41, 5.74) is 0.790. The number of hydrogen-bond donors (Lipinski definition) is 0. The third-order valence-electron chi connectivity index (χ3n) is 3.60. The lowest BCUT2D eigenvalue weighted by atomic mass is 9.80. The number of ether oxygens (including phenoxy) is 2. The Morgan fingerprint density at radius 1 is 1.12 bits per heavy atom. The molecule has 3 rings (SSSR count). The standard InChI is InChI=1S/C13H13NO2/c14-8-13(5-1-2-6-13)10-3-4-11-12(7-10)16-9-15-11/h3-4,7H,1-2,5-6,9H2. The Hall–Kier alpha value is -1.69. The first-order valence-corrected chi connectivity index (χ1v) is 5.65. The molecule has 0 radical (unpaired) electrons. The average molecular weight is 215 g/mol. The second-order valence-corrected chi connectivity index (χ2v) is 4.47. The molecule has 0 bridgehead atoms. The minimum atomic E-state index is -0.291. The first kappa shape index (κ1) is 9.53. The molecule has 1 saturated carbocycles. The van der Waals surface area contributed by atoms with Crippen LogP contribution in [-0.2, 0) is 5.41 Å². The molecule has 16 heavy (non-hydrogen) atoms. The largest absolute Gasteiger partial charge is 0.454 e. The molecule has 0 N–H and O–H groups in total. The van der Waals surface area contributed by atoms with Gasteiger partial charge in [-0.3, -0.25) is 0 Å². The Morgan fingerprint density at radius 2 is 1.88 bits per heavy atom. The van der Waals surface area contributed by atoms with Gasteiger partial charge in [-0.15, -0.1) is 0 Å². The maximum atomic E-state index is 9.40. The highest BCUT2D eigenvalue weighted by Gasteiger charge is 2.36. The highest BCUT2D eigenvalue weighted by Crippen LogP contribution is 2.44. The summed E-state index contributed by atoms with van der Waals surface area (Å²) in [4.78, 5) is 0. The van der Waals surface area contributed by atoms with Crippen LogP contribution in [0.5, 0.6) is 11.5 Å². The zero-order chi connectivity index (χ0) is 11.0. The van der Waals surface area contributed by atoms with E-state index in [1.807, 2.05) is 18.2 Å². The molecule has 1 aliphatic carbocycles. The van der Waals surface area contributed by atoms with Crippen molar-refractivity contribution in [3.63, 3.8) is 0 Å². The van der Waals surface area contributed by atoms with Gasteiger partial charge >= 0.3 is 0 Å². The van der Waals surface area contributed by atoms with Crippen molar-refractivity contribution in [2.45, 2.75) is 31.1 Å². The first-order valence-electron chi connectivity index (χ1n) is 5.65. The van der Waals surface area contributed by atoms with Gasteiger partial charge in [0.1, 0.15) is 0 Å². The van der Waals surface area contributed by atoms with Crippen LogP contribution in [-0.4, -0.2) is 6.79 Å². The number of nitriles is 1. The van der Waals surface area contributed by atoms with Crippen molar-refractivity contribution < 1.29 is 9.47 Å². The van der Waals surface area contributed by atoms with Gasteiger partial charge in [0.15, 0.2) is 11.5 Å². The minimum absolute atomic E-state index is 0.290. The van der Waals surface area contributed by atoms with E-state index in [2.05, 4.69) is 6.07 Å². The third kappa shape index (κ3) is 1.26. The maximum absolute atomic E-state index is 9.40. The summed E-state index contributed by atoms with van der Waals surface area (Å²) in [6.45, 7) is 0.290. The normalized spacial score (nSPS) is 20.7. The van der Waals surface area contributed by atoms with Crippen LogP contribution in [0, 0.1) is 11.3 Å². The first-order chi connectivity index (χ1) is 7.84. The Kier molecular flexibility index (Phi) is 2.03. The second kappa shape index (κ2) is 3.41. The molecule has 0 aromatic heterocycles. The van der Waals surface area contributed by atoms with Gasteiger partial charge < -0.3 is 9.47 Å². The zero-order valence-electron chi connectivity index (χ0n) is 9.03. The Bertz CT molecular complexity index is 455. The minimum Gasteiger partial charge on any atom is -0.454 e. The van der Waals surface area contributed by atoms with E-state index in [0.717, 1.165) is 42.7 Å². The molecule has 1 aromatic carbocycles. The molecule has 1 heterocycles. The van der Waals surface area contributed by atoms with Crippen LogP contribution in [0.15, 0.2) is 18.2 Å². The lowest BCUT2D eigenvalue weighted by molar-refractivity contribution is 0.174. The van der Waals surface area contributed by atoms with Gasteiger partial charge in [0.2, 0.25) is 6.79 Å². The van der Waals surface area contributed by atoms with E-state index < -0.39 is 0 Å². The molecule has 2 aliphatic rings. The van der Waals surface area contributed by atoms with Crippen molar-refractivity contribution in [2.75, 3.05) is 6.79 Å². The van der Waals surface area contributed by atoms with E-state index in [4.69, 9.17) is 9.47 Å². The van der Waals surface area contributed by atoms with E-state index >= 15 is 0 Å². The second-order valence-electron chi connectivity index (χ2n) is 4.47. The van der Waals surface area contributed by atoms with E-state index in [0.29, 0.717) is 6.79 Å². The Morgan fingerprint density at radius 3 is 2.62 bits per heavy atom. The zero-order valence-corrected chi connectivity index (χ0v) is 9.03. The molecule has 3 heteroatoms. The third-order valence-corrected chi connectivity index (χ3v) is 3.60. The maximum Gasteiger partial charge on any atom is 0.231 e. The lowest BCUT2D eigenvalue weighted by Crippen LogP contribution is -2.18. The highest BCUT2D eigenvalue weighted by atomic mass is 16.7. The van der Waals surface area contributed by atoms with Gasteiger partial charge in [-0.2, -0.15) is 5.26 Å². The number of benzene rings is 1. The Labute approximate surface area is 94.6 Å². The number of hydrogen-bond acceptors (Lipinski definition) is 3. The SMILES string of the molecule is N#CC1(c2ccc3c(c2)OCO3)CCCC1. The summed E-state index contributed by atoms with van der Waals surface area (Å²) in [5, 5.41) is 9.40. The van der Waals surface area contributed by atoms with Gasteiger partial charge in [0.05, 0.1) is 11.5 Å². The molecule has 0 atom stereocenters. The van der Waals surface area contributed by atoms with Gasteiger partial charge in [-0.1, -0.05) is 18.9 Å². The van der Waals surface area contributed by atoms with Crippen LogP contribution < -0.4 is 9.47 Å². The van der Waals surface area contributed by atoms with Crippen LogP contribution in [0.4, 0.5) is 0 Å². The predicted molar refractivity (Wildman–Crippen MR) is 58.3 cm³/mol. The molecule has 0 saturated heterocycles. The van der Waals surface area contributed by atoms with Crippen molar-refractivity contribution in [1.82, 2.24) is 0 Å².